The summed E-state index contributed by atoms with van der Waals surface area (Å²) in [7, 11) is 0. The van der Waals surface area contributed by atoms with Gasteiger partial charge in [0.25, 0.3) is 0 Å². The molecule has 436 valence electrons. The molecular weight excluding hydrogens is 937 g/mol. The van der Waals surface area contributed by atoms with Crippen molar-refractivity contribution in [3.05, 3.63) is 97.2 Å². The summed E-state index contributed by atoms with van der Waals surface area (Å²) in [6.45, 7) is 6.48. The van der Waals surface area contributed by atoms with Crippen LogP contribution in [0.3, 0.4) is 0 Å². The predicted octanol–water partition coefficient (Wildman–Crippen LogP) is 22.0. The molecule has 0 aliphatic heterocycles. The third-order valence-electron chi connectivity index (χ3n) is 13.8. The van der Waals surface area contributed by atoms with E-state index in [9.17, 15) is 14.4 Å². The highest BCUT2D eigenvalue weighted by molar-refractivity contribution is 5.71. The molecule has 0 N–H and O–H groups in total. The molecule has 0 bridgehead atoms. The number of ether oxygens (including phenoxy) is 3. The summed E-state index contributed by atoms with van der Waals surface area (Å²) in [5, 5.41) is 0. The molecule has 0 saturated carbocycles. The van der Waals surface area contributed by atoms with Crippen molar-refractivity contribution >= 4 is 17.9 Å². The van der Waals surface area contributed by atoms with E-state index in [1.165, 1.54) is 167 Å². The van der Waals surface area contributed by atoms with E-state index in [-0.39, 0.29) is 37.5 Å². The van der Waals surface area contributed by atoms with Crippen molar-refractivity contribution in [2.24, 2.45) is 0 Å². The van der Waals surface area contributed by atoms with E-state index in [4.69, 9.17) is 14.2 Å². The molecule has 1 unspecified atom stereocenters. The summed E-state index contributed by atoms with van der Waals surface area (Å²) in [6, 6.07) is 0. The van der Waals surface area contributed by atoms with Gasteiger partial charge in [-0.3, -0.25) is 14.4 Å². The Labute approximate surface area is 470 Å². The van der Waals surface area contributed by atoms with Crippen molar-refractivity contribution in [3.8, 4) is 0 Å². The first kappa shape index (κ1) is 72.3. The van der Waals surface area contributed by atoms with Crippen LogP contribution in [0.1, 0.15) is 310 Å². The van der Waals surface area contributed by atoms with E-state index in [1.807, 2.05) is 0 Å². The number of unbranched alkanes of at least 4 members (excludes halogenated alkanes) is 31. The second-order valence-electron chi connectivity index (χ2n) is 21.3. The Morgan fingerprint density at radius 2 is 0.513 bits per heavy atom. The highest BCUT2D eigenvalue weighted by Gasteiger charge is 2.19. The van der Waals surface area contributed by atoms with E-state index >= 15 is 0 Å². The number of hydrogen-bond acceptors (Lipinski definition) is 6. The minimum absolute atomic E-state index is 0.0962. The fraction of sp³-hybridized carbons (Fsp3) is 0.729. The van der Waals surface area contributed by atoms with Crippen LogP contribution in [0, 0.1) is 0 Å². The van der Waals surface area contributed by atoms with Crippen LogP contribution in [-0.4, -0.2) is 37.2 Å². The van der Waals surface area contributed by atoms with Crippen LogP contribution < -0.4 is 0 Å². The number of rotatable bonds is 58. The molecule has 0 aromatic rings. The second-order valence-corrected chi connectivity index (χ2v) is 21.3. The lowest BCUT2D eigenvalue weighted by Crippen LogP contribution is -2.30. The Balaban J connectivity index is 4.27. The zero-order valence-electron chi connectivity index (χ0n) is 50.0. The van der Waals surface area contributed by atoms with Crippen molar-refractivity contribution in [1.82, 2.24) is 0 Å². The summed E-state index contributed by atoms with van der Waals surface area (Å²) in [5.74, 6) is -0.940. The number of esters is 3. The van der Waals surface area contributed by atoms with Crippen LogP contribution in [0.4, 0.5) is 0 Å². The molecule has 1 atom stereocenters. The van der Waals surface area contributed by atoms with Crippen LogP contribution in [0.25, 0.3) is 0 Å². The molecule has 0 aromatic carbocycles. The lowest BCUT2D eigenvalue weighted by Gasteiger charge is -2.18. The van der Waals surface area contributed by atoms with E-state index < -0.39 is 6.10 Å². The molecule has 0 aliphatic carbocycles. The predicted molar refractivity (Wildman–Crippen MR) is 330 cm³/mol. The highest BCUT2D eigenvalue weighted by atomic mass is 16.6. The number of allylic oxidation sites excluding steroid dienone is 16. The van der Waals surface area contributed by atoms with Gasteiger partial charge in [0.05, 0.1) is 0 Å². The molecule has 0 saturated heterocycles. The van der Waals surface area contributed by atoms with Gasteiger partial charge in [-0.15, -0.1) is 0 Å². The zero-order chi connectivity index (χ0) is 55.0. The lowest BCUT2D eigenvalue weighted by molar-refractivity contribution is -0.167. The highest BCUT2D eigenvalue weighted by Crippen LogP contribution is 2.16. The third-order valence-corrected chi connectivity index (χ3v) is 13.8. The molecule has 6 heteroatoms. The van der Waals surface area contributed by atoms with Crippen LogP contribution >= 0.6 is 0 Å². The normalized spacial score (nSPS) is 12.7. The smallest absolute Gasteiger partial charge is 0.306 e. The van der Waals surface area contributed by atoms with Gasteiger partial charge in [0.1, 0.15) is 13.2 Å². The molecule has 0 amide bonds. The molecule has 0 rings (SSSR count). The number of carbonyl (C=O) groups excluding carboxylic acids is 3. The van der Waals surface area contributed by atoms with Crippen LogP contribution in [0.2, 0.25) is 0 Å². The maximum atomic E-state index is 12.9. The summed E-state index contributed by atoms with van der Waals surface area (Å²) >= 11 is 0. The van der Waals surface area contributed by atoms with Crippen LogP contribution in [0.5, 0.6) is 0 Å². The Morgan fingerprint density at radius 3 is 0.842 bits per heavy atom. The summed E-state index contributed by atoms with van der Waals surface area (Å²) in [6.07, 6.45) is 85.7. The van der Waals surface area contributed by atoms with Crippen LogP contribution in [-0.2, 0) is 28.6 Å². The molecule has 0 heterocycles. The van der Waals surface area contributed by atoms with Gasteiger partial charge in [-0.1, -0.05) is 266 Å². The minimum atomic E-state index is -0.804. The average molecular weight is 1060 g/mol. The molecule has 0 radical (unpaired) electrons. The van der Waals surface area contributed by atoms with Crippen molar-refractivity contribution in [2.75, 3.05) is 13.2 Å². The van der Waals surface area contributed by atoms with Crippen LogP contribution in [0.15, 0.2) is 97.2 Å². The van der Waals surface area contributed by atoms with Gasteiger partial charge in [0.15, 0.2) is 6.10 Å². The topological polar surface area (TPSA) is 78.9 Å². The Morgan fingerprint density at radius 1 is 0.276 bits per heavy atom. The van der Waals surface area contributed by atoms with E-state index in [0.29, 0.717) is 19.3 Å². The zero-order valence-corrected chi connectivity index (χ0v) is 50.0. The third kappa shape index (κ3) is 61.2. The molecule has 0 aliphatic rings. The lowest BCUT2D eigenvalue weighted by atomic mass is 10.0. The van der Waals surface area contributed by atoms with Gasteiger partial charge >= 0.3 is 17.9 Å². The molecule has 0 spiro atoms. The van der Waals surface area contributed by atoms with Gasteiger partial charge < -0.3 is 14.2 Å². The van der Waals surface area contributed by atoms with E-state index in [0.717, 1.165) is 96.3 Å². The quantitative estimate of drug-likeness (QED) is 0.0261. The summed E-state index contributed by atoms with van der Waals surface area (Å²) in [5.41, 5.74) is 0. The minimum Gasteiger partial charge on any atom is -0.462 e. The van der Waals surface area contributed by atoms with Crippen molar-refractivity contribution < 1.29 is 28.6 Å². The first-order valence-electron chi connectivity index (χ1n) is 32.2. The largest absolute Gasteiger partial charge is 0.462 e. The van der Waals surface area contributed by atoms with E-state index in [1.54, 1.807) is 0 Å². The van der Waals surface area contributed by atoms with Gasteiger partial charge in [-0.25, -0.2) is 0 Å². The fourth-order valence-corrected chi connectivity index (χ4v) is 8.97. The first-order valence-corrected chi connectivity index (χ1v) is 32.2. The van der Waals surface area contributed by atoms with Gasteiger partial charge in [0.2, 0.25) is 0 Å². The Kier molecular flexibility index (Phi) is 60.8. The fourth-order valence-electron chi connectivity index (χ4n) is 8.97. The van der Waals surface area contributed by atoms with Crippen molar-refractivity contribution in [3.63, 3.8) is 0 Å². The Hall–Kier alpha value is -3.67. The monoisotopic (exact) mass is 1060 g/mol. The summed E-state index contributed by atoms with van der Waals surface area (Å²) < 4.78 is 16.9. The average Bonchev–Trinajstić information content (AvgIpc) is 3.42. The van der Waals surface area contributed by atoms with Gasteiger partial charge in [-0.2, -0.15) is 0 Å². The maximum absolute atomic E-state index is 12.9. The van der Waals surface area contributed by atoms with E-state index in [2.05, 4.69) is 118 Å². The molecular formula is C70H120O6. The molecule has 6 nitrogen and oxygen atoms in total. The standard InChI is InChI=1S/C70H120O6/c1-4-7-10-13-16-19-22-25-28-29-30-31-32-33-34-35-36-37-38-39-40-41-43-45-48-51-54-57-60-63-69(72)75-66-67(65-74-68(71)62-59-56-53-50-47-44-27-24-21-18-15-12-9-6-3)76-70(73)64-61-58-55-52-49-46-42-26-23-20-17-14-11-8-5-2/h8,11,17,20,22,24-27,29-30,32-33,42,49,52,67H,4-7,9-10,12-16,18-19,21,23,28,31,34-41,43-48,50-51,53-66H2,1-3H3/b11-8-,20-17-,25-22-,27-24-,30-29-,33-32-,42-26-,52-49-. The Bertz CT molecular complexity index is 1490. The number of carbonyl (C=O) groups is 3. The molecule has 0 fully saturated rings. The van der Waals surface area contributed by atoms with Crippen molar-refractivity contribution in [2.45, 2.75) is 316 Å². The summed E-state index contributed by atoms with van der Waals surface area (Å²) in [4.78, 5) is 38.2. The van der Waals surface area contributed by atoms with Crippen molar-refractivity contribution in [1.29, 1.82) is 0 Å². The first-order chi connectivity index (χ1) is 37.5. The SMILES string of the molecule is CC/C=C\C/C=C\C/C=C\C/C=C\CCCCC(=O)OC(COC(=O)CCCCCCC/C=C\CCCCCCC)COC(=O)CCCCCCCCCCCCCCCC/C=C\C/C=C\C/C=C\CCCCCCC. The maximum Gasteiger partial charge on any atom is 0.306 e. The number of hydrogen-bond donors (Lipinski definition) is 0. The molecule has 0 aromatic heterocycles. The molecule has 76 heavy (non-hydrogen) atoms. The van der Waals surface area contributed by atoms with Gasteiger partial charge in [0, 0.05) is 19.3 Å². The van der Waals surface area contributed by atoms with Gasteiger partial charge in [-0.05, 0) is 122 Å². The second kappa shape index (κ2) is 63.9.